The molecule has 7 nitrogen and oxygen atoms in total. The van der Waals surface area contributed by atoms with E-state index in [0.717, 1.165) is 48.5 Å². The molecule has 146 valence electrons. The van der Waals surface area contributed by atoms with Crippen LogP contribution in [-0.2, 0) is 6.18 Å². The molecule has 0 amide bonds. The van der Waals surface area contributed by atoms with Gasteiger partial charge in [-0.25, -0.2) is 19.9 Å². The number of hydrogen-bond donors (Lipinski definition) is 0. The van der Waals surface area contributed by atoms with Crippen LogP contribution in [-0.4, -0.2) is 51.1 Å². The fourth-order valence-corrected chi connectivity index (χ4v) is 3.49. The Kier molecular flexibility index (Phi) is 4.70. The van der Waals surface area contributed by atoms with Crippen molar-refractivity contribution >= 4 is 22.5 Å². The lowest BCUT2D eigenvalue weighted by Gasteiger charge is -2.39. The summed E-state index contributed by atoms with van der Waals surface area (Å²) in [4.78, 5) is 24.1. The van der Waals surface area contributed by atoms with Gasteiger partial charge in [0.15, 0.2) is 0 Å². The van der Waals surface area contributed by atoms with Gasteiger partial charge in [-0.05, 0) is 18.9 Å². The molecule has 1 atom stereocenters. The topological polar surface area (TPSA) is 70.9 Å². The quantitative estimate of drug-likeness (QED) is 0.682. The minimum Gasteiger partial charge on any atom is -0.355 e. The molecule has 3 aromatic heterocycles. The summed E-state index contributed by atoms with van der Waals surface area (Å²) in [7, 11) is 1.76. The van der Waals surface area contributed by atoms with Crippen LogP contribution < -0.4 is 9.80 Å². The summed E-state index contributed by atoms with van der Waals surface area (Å²) in [6.07, 6.45) is 3.10. The van der Waals surface area contributed by atoms with Gasteiger partial charge in [0.2, 0.25) is 0 Å². The third-order valence-electron chi connectivity index (χ3n) is 4.97. The lowest BCUT2D eigenvalue weighted by molar-refractivity contribution is -0.141. The van der Waals surface area contributed by atoms with Gasteiger partial charge in [-0.1, -0.05) is 0 Å². The number of halogens is 3. The zero-order chi connectivity index (χ0) is 19.7. The Morgan fingerprint density at radius 1 is 1.14 bits per heavy atom. The number of nitrogens with zero attached hydrogens (tertiary/aromatic N) is 7. The van der Waals surface area contributed by atoms with Crippen molar-refractivity contribution in [1.29, 1.82) is 0 Å². The molecule has 0 N–H and O–H groups in total. The second kappa shape index (κ2) is 7.17. The summed E-state index contributed by atoms with van der Waals surface area (Å²) in [5, 5.41) is 0.905. The molecule has 1 fully saturated rings. The monoisotopic (exact) mass is 389 g/mol. The SMILES string of the molecule is CN(c1cc(C(F)(F)F)ncn1)C1CCCN(c2ncnc3cnccc23)C1. The van der Waals surface area contributed by atoms with Crippen LogP contribution in [0.4, 0.5) is 24.8 Å². The predicted molar refractivity (Wildman–Crippen MR) is 98.0 cm³/mol. The smallest absolute Gasteiger partial charge is 0.355 e. The molecule has 0 aromatic carbocycles. The Bertz CT molecular complexity index is 973. The summed E-state index contributed by atoms with van der Waals surface area (Å²) in [6.45, 7) is 1.44. The third kappa shape index (κ3) is 3.54. The van der Waals surface area contributed by atoms with Crippen LogP contribution in [0.1, 0.15) is 18.5 Å². The van der Waals surface area contributed by atoms with Crippen molar-refractivity contribution < 1.29 is 13.2 Å². The van der Waals surface area contributed by atoms with Gasteiger partial charge < -0.3 is 9.80 Å². The van der Waals surface area contributed by atoms with Gasteiger partial charge in [-0.15, -0.1) is 0 Å². The van der Waals surface area contributed by atoms with E-state index in [-0.39, 0.29) is 11.9 Å². The van der Waals surface area contributed by atoms with Crippen molar-refractivity contribution in [3.63, 3.8) is 0 Å². The molecule has 10 heteroatoms. The number of piperidine rings is 1. The second-order valence-electron chi connectivity index (χ2n) is 6.70. The molecule has 1 aliphatic heterocycles. The average Bonchev–Trinajstić information content (AvgIpc) is 2.72. The Balaban J connectivity index is 1.59. The fraction of sp³-hybridized carbons (Fsp3) is 0.389. The van der Waals surface area contributed by atoms with Crippen molar-refractivity contribution in [2.75, 3.05) is 29.9 Å². The normalized spacial score (nSPS) is 17.7. The number of hydrogen-bond acceptors (Lipinski definition) is 7. The molecule has 4 heterocycles. The van der Waals surface area contributed by atoms with Gasteiger partial charge in [0, 0.05) is 43.8 Å². The second-order valence-corrected chi connectivity index (χ2v) is 6.70. The van der Waals surface area contributed by atoms with E-state index in [1.54, 1.807) is 24.3 Å². The van der Waals surface area contributed by atoms with Crippen LogP contribution in [0.15, 0.2) is 37.2 Å². The van der Waals surface area contributed by atoms with E-state index in [0.29, 0.717) is 6.54 Å². The van der Waals surface area contributed by atoms with Gasteiger partial charge in [-0.2, -0.15) is 13.2 Å². The van der Waals surface area contributed by atoms with Crippen LogP contribution >= 0.6 is 0 Å². The molecule has 0 spiro atoms. The van der Waals surface area contributed by atoms with E-state index < -0.39 is 11.9 Å². The van der Waals surface area contributed by atoms with Gasteiger partial charge in [-0.3, -0.25) is 4.98 Å². The van der Waals surface area contributed by atoms with Crippen LogP contribution in [0.5, 0.6) is 0 Å². The lowest BCUT2D eigenvalue weighted by Crippen LogP contribution is -2.47. The fourth-order valence-electron chi connectivity index (χ4n) is 3.49. The minimum atomic E-state index is -4.50. The Morgan fingerprint density at radius 3 is 2.79 bits per heavy atom. The highest BCUT2D eigenvalue weighted by Gasteiger charge is 2.34. The number of likely N-dealkylation sites (N-methyl/N-ethyl adjacent to an activating group) is 1. The molecule has 0 bridgehead atoms. The molecule has 28 heavy (non-hydrogen) atoms. The number of anilines is 2. The molecule has 1 saturated heterocycles. The predicted octanol–water partition coefficient (Wildman–Crippen LogP) is 2.94. The highest BCUT2D eigenvalue weighted by molar-refractivity contribution is 5.88. The molecule has 3 aromatic rings. The first-order valence-electron chi connectivity index (χ1n) is 8.85. The molecule has 1 aliphatic rings. The number of pyridine rings is 1. The van der Waals surface area contributed by atoms with Crippen molar-refractivity contribution in [3.05, 3.63) is 42.9 Å². The van der Waals surface area contributed by atoms with Crippen molar-refractivity contribution in [3.8, 4) is 0 Å². The molecule has 1 unspecified atom stereocenters. The van der Waals surface area contributed by atoms with E-state index in [2.05, 4.69) is 29.8 Å². The number of fused-ring (bicyclic) bond motifs is 1. The summed E-state index contributed by atoms with van der Waals surface area (Å²) in [5.41, 5.74) is -0.181. The Labute approximate surface area is 159 Å². The number of aromatic nitrogens is 5. The van der Waals surface area contributed by atoms with Crippen LogP contribution in [0.3, 0.4) is 0 Å². The molecule has 0 radical (unpaired) electrons. The standard InChI is InChI=1S/C18H18F3N7/c1-27(16-7-15(18(19,20)21)24-11-25-16)12-3-2-6-28(9-12)17-13-4-5-22-8-14(13)23-10-26-17/h4-5,7-8,10-12H,2-3,6,9H2,1H3. The molecule has 4 rings (SSSR count). The third-order valence-corrected chi connectivity index (χ3v) is 4.97. The highest BCUT2D eigenvalue weighted by atomic mass is 19.4. The van der Waals surface area contributed by atoms with E-state index in [1.807, 2.05) is 6.07 Å². The van der Waals surface area contributed by atoms with Gasteiger partial charge >= 0.3 is 6.18 Å². The highest BCUT2D eigenvalue weighted by Crippen LogP contribution is 2.31. The number of rotatable bonds is 3. The molecule has 0 saturated carbocycles. The summed E-state index contributed by atoms with van der Waals surface area (Å²) < 4.78 is 38.9. The van der Waals surface area contributed by atoms with E-state index in [9.17, 15) is 13.2 Å². The Morgan fingerprint density at radius 2 is 1.96 bits per heavy atom. The van der Waals surface area contributed by atoms with E-state index in [4.69, 9.17) is 0 Å². The Hall–Kier alpha value is -3.04. The zero-order valence-corrected chi connectivity index (χ0v) is 15.1. The summed E-state index contributed by atoms with van der Waals surface area (Å²) in [5.74, 6) is 1.06. The van der Waals surface area contributed by atoms with Crippen LogP contribution in [0, 0.1) is 0 Å². The molecular formula is C18H18F3N7. The summed E-state index contributed by atoms with van der Waals surface area (Å²) >= 11 is 0. The summed E-state index contributed by atoms with van der Waals surface area (Å²) in [6, 6.07) is 2.86. The maximum Gasteiger partial charge on any atom is 0.433 e. The van der Waals surface area contributed by atoms with Crippen molar-refractivity contribution in [2.45, 2.75) is 25.1 Å². The van der Waals surface area contributed by atoms with Crippen LogP contribution in [0.2, 0.25) is 0 Å². The maximum absolute atomic E-state index is 13.0. The number of alkyl halides is 3. The van der Waals surface area contributed by atoms with Gasteiger partial charge in [0.1, 0.15) is 30.0 Å². The first kappa shape index (κ1) is 18.3. The molecule has 0 aliphatic carbocycles. The van der Waals surface area contributed by atoms with Crippen LogP contribution in [0.25, 0.3) is 10.9 Å². The molecular weight excluding hydrogens is 371 g/mol. The van der Waals surface area contributed by atoms with E-state index >= 15 is 0 Å². The van der Waals surface area contributed by atoms with E-state index in [1.165, 1.54) is 6.33 Å². The maximum atomic E-state index is 13.0. The first-order chi connectivity index (χ1) is 13.4. The van der Waals surface area contributed by atoms with Gasteiger partial charge in [0.05, 0.1) is 11.7 Å². The zero-order valence-electron chi connectivity index (χ0n) is 15.1. The first-order valence-corrected chi connectivity index (χ1v) is 8.85. The minimum absolute atomic E-state index is 0.00316. The lowest BCUT2D eigenvalue weighted by atomic mass is 10.0. The van der Waals surface area contributed by atoms with Crippen molar-refractivity contribution in [1.82, 2.24) is 24.9 Å². The largest absolute Gasteiger partial charge is 0.433 e. The average molecular weight is 389 g/mol. The van der Waals surface area contributed by atoms with Crippen molar-refractivity contribution in [2.24, 2.45) is 0 Å². The van der Waals surface area contributed by atoms with Gasteiger partial charge in [0.25, 0.3) is 0 Å².